The standard InChI is InChI=1S/C15H14N2O.C4H6N2/c1-10-8-13(18-17-10)7-4-11-2-5-12(6-3-11)14-9-15(14)16;1-4-5-2-3-6-4/h2-3,5-6,8,14-15H,9,16H2,1H3;2-3H,1H3,(H,5,6). The first-order valence-corrected chi connectivity index (χ1v) is 7.88. The van der Waals surface area contributed by atoms with Gasteiger partial charge in [0.2, 0.25) is 5.76 Å². The fraction of sp³-hybridized carbons (Fsp3) is 0.263. The third-order valence-corrected chi connectivity index (χ3v) is 3.77. The minimum atomic E-state index is 0.346. The van der Waals surface area contributed by atoms with Crippen molar-refractivity contribution in [2.24, 2.45) is 5.73 Å². The largest absolute Gasteiger partial charge is 0.349 e. The molecule has 2 atom stereocenters. The van der Waals surface area contributed by atoms with Crippen LogP contribution >= 0.6 is 0 Å². The van der Waals surface area contributed by atoms with E-state index in [0.717, 1.165) is 23.5 Å². The quantitative estimate of drug-likeness (QED) is 0.676. The van der Waals surface area contributed by atoms with Crippen LogP contribution < -0.4 is 5.73 Å². The molecule has 24 heavy (non-hydrogen) atoms. The van der Waals surface area contributed by atoms with Crippen LogP contribution in [0.25, 0.3) is 0 Å². The average molecular weight is 320 g/mol. The lowest BCUT2D eigenvalue weighted by Gasteiger charge is -1.97. The molecule has 1 aliphatic carbocycles. The van der Waals surface area contributed by atoms with Crippen LogP contribution in [0.2, 0.25) is 0 Å². The molecule has 0 aliphatic heterocycles. The molecule has 0 radical (unpaired) electrons. The van der Waals surface area contributed by atoms with Crippen molar-refractivity contribution >= 4 is 0 Å². The molecule has 0 spiro atoms. The number of rotatable bonds is 1. The highest BCUT2D eigenvalue weighted by Crippen LogP contribution is 2.38. The van der Waals surface area contributed by atoms with E-state index >= 15 is 0 Å². The minimum Gasteiger partial charge on any atom is -0.349 e. The van der Waals surface area contributed by atoms with Crippen molar-refractivity contribution in [2.45, 2.75) is 32.2 Å². The summed E-state index contributed by atoms with van der Waals surface area (Å²) in [6.45, 7) is 3.79. The van der Waals surface area contributed by atoms with E-state index in [0.29, 0.717) is 17.7 Å². The Bertz CT molecular complexity index is 838. The predicted molar refractivity (Wildman–Crippen MR) is 92.3 cm³/mol. The first-order chi connectivity index (χ1) is 11.6. The zero-order valence-corrected chi connectivity index (χ0v) is 13.8. The van der Waals surface area contributed by atoms with Crippen LogP contribution in [0.3, 0.4) is 0 Å². The molecule has 4 rings (SSSR count). The van der Waals surface area contributed by atoms with Crippen molar-refractivity contribution in [3.05, 3.63) is 71.1 Å². The van der Waals surface area contributed by atoms with Gasteiger partial charge in [0.05, 0.1) is 5.69 Å². The summed E-state index contributed by atoms with van der Waals surface area (Å²) in [7, 11) is 0. The van der Waals surface area contributed by atoms with E-state index in [1.54, 1.807) is 12.4 Å². The lowest BCUT2D eigenvalue weighted by Crippen LogP contribution is -2.00. The molecule has 2 unspecified atom stereocenters. The van der Waals surface area contributed by atoms with Crippen LogP contribution in [0.1, 0.15) is 40.7 Å². The van der Waals surface area contributed by atoms with E-state index in [1.807, 2.05) is 32.0 Å². The average Bonchev–Trinajstić information content (AvgIpc) is 2.95. The molecular formula is C19H20N4O. The number of aromatic nitrogens is 3. The van der Waals surface area contributed by atoms with Gasteiger partial charge in [-0.05, 0) is 43.9 Å². The van der Waals surface area contributed by atoms with E-state index in [4.69, 9.17) is 10.3 Å². The Morgan fingerprint density at radius 3 is 2.42 bits per heavy atom. The lowest BCUT2D eigenvalue weighted by atomic mass is 10.1. The van der Waals surface area contributed by atoms with Crippen LogP contribution in [-0.2, 0) is 0 Å². The van der Waals surface area contributed by atoms with Crippen molar-refractivity contribution in [1.82, 2.24) is 15.1 Å². The molecule has 3 N–H and O–H groups in total. The molecule has 1 aromatic carbocycles. The highest BCUT2D eigenvalue weighted by molar-refractivity contribution is 5.42. The van der Waals surface area contributed by atoms with Crippen molar-refractivity contribution in [1.29, 1.82) is 0 Å². The second-order valence-corrected chi connectivity index (χ2v) is 5.89. The number of hydrogen-bond acceptors (Lipinski definition) is 4. The fourth-order valence-electron chi connectivity index (χ4n) is 2.31. The first kappa shape index (κ1) is 16.0. The molecule has 1 saturated carbocycles. The van der Waals surface area contributed by atoms with Gasteiger partial charge in [-0.25, -0.2) is 4.98 Å². The van der Waals surface area contributed by atoms with Gasteiger partial charge in [-0.2, -0.15) is 0 Å². The van der Waals surface area contributed by atoms with Gasteiger partial charge in [0.1, 0.15) is 5.82 Å². The van der Waals surface area contributed by atoms with Gasteiger partial charge in [-0.15, -0.1) is 0 Å². The summed E-state index contributed by atoms with van der Waals surface area (Å²) < 4.78 is 5.03. The fourth-order valence-corrected chi connectivity index (χ4v) is 2.31. The SMILES string of the molecule is Cc1cc(C#Cc2ccc(C3CC3N)cc2)on1.Cc1ncc[nH]1. The number of hydrogen-bond donors (Lipinski definition) is 2. The van der Waals surface area contributed by atoms with Crippen LogP contribution in [0.5, 0.6) is 0 Å². The van der Waals surface area contributed by atoms with Gasteiger partial charge in [-0.3, -0.25) is 0 Å². The maximum atomic E-state index is 5.83. The summed E-state index contributed by atoms with van der Waals surface area (Å²) in [5.41, 5.74) is 8.95. The van der Waals surface area contributed by atoms with E-state index in [1.165, 1.54) is 5.56 Å². The molecule has 5 nitrogen and oxygen atoms in total. The Morgan fingerprint density at radius 1 is 1.21 bits per heavy atom. The Hall–Kier alpha value is -2.84. The maximum absolute atomic E-state index is 5.83. The van der Waals surface area contributed by atoms with Crippen LogP contribution in [0.4, 0.5) is 0 Å². The Morgan fingerprint density at radius 2 is 1.96 bits per heavy atom. The summed E-state index contributed by atoms with van der Waals surface area (Å²) in [4.78, 5) is 6.75. The van der Waals surface area contributed by atoms with Gasteiger partial charge >= 0.3 is 0 Å². The first-order valence-electron chi connectivity index (χ1n) is 7.88. The van der Waals surface area contributed by atoms with Crippen molar-refractivity contribution < 1.29 is 4.52 Å². The van der Waals surface area contributed by atoms with E-state index < -0.39 is 0 Å². The van der Waals surface area contributed by atoms with Crippen molar-refractivity contribution in [3.8, 4) is 11.8 Å². The lowest BCUT2D eigenvalue weighted by molar-refractivity contribution is 0.406. The molecule has 1 fully saturated rings. The summed E-state index contributed by atoms with van der Waals surface area (Å²) in [6, 6.07) is 10.4. The number of nitrogens with zero attached hydrogens (tertiary/aromatic N) is 2. The van der Waals surface area contributed by atoms with Gasteiger partial charge in [0.15, 0.2) is 0 Å². The zero-order chi connectivity index (χ0) is 16.9. The number of imidazole rings is 1. The summed E-state index contributed by atoms with van der Waals surface area (Å²) in [6.07, 6.45) is 4.63. The minimum absolute atomic E-state index is 0.346. The van der Waals surface area contributed by atoms with E-state index in [9.17, 15) is 0 Å². The molecule has 0 saturated heterocycles. The maximum Gasteiger partial charge on any atom is 0.210 e. The molecule has 2 aromatic heterocycles. The number of aromatic amines is 1. The monoisotopic (exact) mass is 320 g/mol. The number of aryl methyl sites for hydroxylation is 2. The number of nitrogens with one attached hydrogen (secondary N) is 1. The zero-order valence-electron chi connectivity index (χ0n) is 13.8. The smallest absolute Gasteiger partial charge is 0.210 e. The van der Waals surface area contributed by atoms with Gasteiger partial charge in [0.25, 0.3) is 0 Å². The summed E-state index contributed by atoms with van der Waals surface area (Å²) >= 11 is 0. The topological polar surface area (TPSA) is 80.7 Å². The summed E-state index contributed by atoms with van der Waals surface area (Å²) in [5.74, 6) is 8.12. The van der Waals surface area contributed by atoms with Crippen molar-refractivity contribution in [3.63, 3.8) is 0 Å². The van der Waals surface area contributed by atoms with Gasteiger partial charge in [-0.1, -0.05) is 23.2 Å². The van der Waals surface area contributed by atoms with Crippen molar-refractivity contribution in [2.75, 3.05) is 0 Å². The molecule has 0 amide bonds. The molecule has 122 valence electrons. The normalized spacial score (nSPS) is 18.1. The molecule has 1 aliphatic rings. The van der Waals surface area contributed by atoms with Crippen LogP contribution in [0, 0.1) is 25.7 Å². The predicted octanol–water partition coefficient (Wildman–Crippen LogP) is 2.92. The Labute approximate surface area is 141 Å². The molecule has 0 bridgehead atoms. The molecule has 5 heteroatoms. The third-order valence-electron chi connectivity index (χ3n) is 3.77. The number of benzene rings is 1. The third kappa shape index (κ3) is 4.34. The number of nitrogens with two attached hydrogens (primary N) is 1. The second kappa shape index (κ2) is 7.16. The highest BCUT2D eigenvalue weighted by atomic mass is 16.5. The molecular weight excluding hydrogens is 300 g/mol. The molecule has 2 heterocycles. The van der Waals surface area contributed by atoms with Crippen LogP contribution in [0.15, 0.2) is 47.2 Å². The van der Waals surface area contributed by atoms with Gasteiger partial charge < -0.3 is 15.2 Å². The Kier molecular flexibility index (Phi) is 4.78. The molecule has 3 aromatic rings. The Balaban J connectivity index is 0.000000238. The van der Waals surface area contributed by atoms with E-state index in [-0.39, 0.29) is 0 Å². The second-order valence-electron chi connectivity index (χ2n) is 5.89. The van der Waals surface area contributed by atoms with Crippen LogP contribution in [-0.4, -0.2) is 21.2 Å². The number of H-pyrrole nitrogens is 1. The van der Waals surface area contributed by atoms with E-state index in [2.05, 4.69) is 39.1 Å². The van der Waals surface area contributed by atoms with Gasteiger partial charge in [0, 0.05) is 36.0 Å². The summed E-state index contributed by atoms with van der Waals surface area (Å²) in [5, 5.41) is 3.79. The highest BCUT2D eigenvalue weighted by Gasteiger charge is 2.34.